The van der Waals surface area contributed by atoms with Crippen molar-refractivity contribution in [2.45, 2.75) is 37.8 Å². The summed E-state index contributed by atoms with van der Waals surface area (Å²) in [5.41, 5.74) is 1.56. The Morgan fingerprint density at radius 3 is 2.75 bits per heavy atom. The summed E-state index contributed by atoms with van der Waals surface area (Å²) in [6, 6.07) is 9.61. The lowest BCUT2D eigenvalue weighted by Crippen LogP contribution is -2.29. The van der Waals surface area contributed by atoms with Crippen LogP contribution in [-0.4, -0.2) is 47.6 Å². The van der Waals surface area contributed by atoms with Crippen LogP contribution < -0.4 is 9.62 Å². The molecule has 1 aromatic carbocycles. The number of aromatic nitrogens is 3. The van der Waals surface area contributed by atoms with Crippen molar-refractivity contribution in [3.63, 3.8) is 0 Å². The molecule has 0 spiro atoms. The zero-order valence-electron chi connectivity index (χ0n) is 15.5. The van der Waals surface area contributed by atoms with Gasteiger partial charge in [-0.25, -0.2) is 9.19 Å². The number of aliphatic hydroxyl groups is 1. The van der Waals surface area contributed by atoms with Gasteiger partial charge in [-0.1, -0.05) is 6.07 Å². The van der Waals surface area contributed by atoms with Gasteiger partial charge >= 0.3 is 0 Å². The summed E-state index contributed by atoms with van der Waals surface area (Å²) in [5.74, 6) is 1.28. The van der Waals surface area contributed by atoms with E-state index < -0.39 is 11.3 Å². The quantitative estimate of drug-likeness (QED) is 0.568. The number of rotatable bonds is 5. The number of nitrogens with zero attached hydrogens (tertiary/aromatic N) is 4. The van der Waals surface area contributed by atoms with Gasteiger partial charge in [-0.05, 0) is 49.9 Å². The van der Waals surface area contributed by atoms with Crippen LogP contribution in [0.2, 0.25) is 0 Å². The second-order valence-electron chi connectivity index (χ2n) is 7.01. The number of hydrogen-bond acceptors (Lipinski definition) is 5. The second-order valence-corrected chi connectivity index (χ2v) is 8.02. The lowest BCUT2D eigenvalue weighted by molar-refractivity contribution is 0.126. The van der Waals surface area contributed by atoms with E-state index in [1.165, 1.54) is 4.31 Å². The Hall–Kier alpha value is -2.49. The lowest BCUT2D eigenvalue weighted by Gasteiger charge is -2.26. The fraction of sp³-hybridized carbons (Fsp3) is 0.368. The molecule has 4 rings (SSSR count). The fourth-order valence-electron chi connectivity index (χ4n) is 3.67. The molecule has 9 heteroatoms. The first-order chi connectivity index (χ1) is 13.5. The van der Waals surface area contributed by atoms with E-state index in [0.29, 0.717) is 17.5 Å². The van der Waals surface area contributed by atoms with Crippen LogP contribution in [0.3, 0.4) is 0 Å². The number of aliphatic hydroxyl groups excluding tert-OH is 1. The largest absolute Gasteiger partial charge is 0.393 e. The molecule has 0 aliphatic heterocycles. The summed E-state index contributed by atoms with van der Waals surface area (Å²) in [4.78, 5) is 8.98. The molecule has 2 heterocycles. The molecule has 1 fully saturated rings. The average Bonchev–Trinajstić information content (AvgIpc) is 3.13. The highest BCUT2D eigenvalue weighted by Gasteiger charge is 2.20. The van der Waals surface area contributed by atoms with Crippen molar-refractivity contribution >= 4 is 33.8 Å². The maximum atomic E-state index is 11.5. The normalized spacial score (nSPS) is 20.8. The van der Waals surface area contributed by atoms with Crippen LogP contribution in [0.15, 0.2) is 42.7 Å². The predicted octanol–water partition coefficient (Wildman–Crippen LogP) is 2.71. The molecule has 1 unspecified atom stereocenters. The minimum absolute atomic E-state index is 0.197. The van der Waals surface area contributed by atoms with Gasteiger partial charge in [0.05, 0.1) is 17.3 Å². The van der Waals surface area contributed by atoms with Gasteiger partial charge in [0.1, 0.15) is 5.82 Å². The van der Waals surface area contributed by atoms with Gasteiger partial charge < -0.3 is 15.0 Å². The molecule has 3 aromatic rings. The molecule has 1 atom stereocenters. The average molecular weight is 401 g/mol. The van der Waals surface area contributed by atoms with Crippen molar-refractivity contribution in [2.24, 2.45) is 0 Å². The molecule has 0 bridgehead atoms. The van der Waals surface area contributed by atoms with Crippen LogP contribution in [0, 0.1) is 0 Å². The summed E-state index contributed by atoms with van der Waals surface area (Å²) in [6.07, 6.45) is 6.80. The van der Waals surface area contributed by atoms with Gasteiger partial charge in [-0.15, -0.1) is 0 Å². The van der Waals surface area contributed by atoms with Crippen molar-refractivity contribution in [3.05, 3.63) is 42.7 Å². The van der Waals surface area contributed by atoms with Crippen LogP contribution in [0.4, 0.5) is 11.6 Å². The highest BCUT2D eigenvalue weighted by molar-refractivity contribution is 7.80. The summed E-state index contributed by atoms with van der Waals surface area (Å²) >= 11 is -2.09. The highest BCUT2D eigenvalue weighted by Crippen LogP contribution is 2.29. The molecule has 1 saturated carbocycles. The van der Waals surface area contributed by atoms with E-state index in [2.05, 4.69) is 15.3 Å². The number of anilines is 2. The molecular formula is C19H23N5O3S. The van der Waals surface area contributed by atoms with Crippen molar-refractivity contribution in [3.8, 4) is 5.82 Å². The molecule has 2 aromatic heterocycles. The Morgan fingerprint density at radius 1 is 1.21 bits per heavy atom. The molecule has 1 aliphatic carbocycles. The first-order valence-corrected chi connectivity index (χ1v) is 10.3. The van der Waals surface area contributed by atoms with E-state index in [4.69, 9.17) is 0 Å². The fourth-order valence-corrected chi connectivity index (χ4v) is 3.99. The summed E-state index contributed by atoms with van der Waals surface area (Å²) in [7, 11) is 1.58. The van der Waals surface area contributed by atoms with Crippen LogP contribution in [0.25, 0.3) is 16.7 Å². The molecule has 0 amide bonds. The number of benzene rings is 1. The Labute approximate surface area is 165 Å². The van der Waals surface area contributed by atoms with Crippen molar-refractivity contribution < 1.29 is 13.9 Å². The minimum atomic E-state index is -2.09. The van der Waals surface area contributed by atoms with Gasteiger partial charge in [-0.3, -0.25) is 8.86 Å². The Kier molecular flexibility index (Phi) is 5.29. The molecule has 1 aliphatic rings. The summed E-state index contributed by atoms with van der Waals surface area (Å²) in [6.45, 7) is 0. The maximum Gasteiger partial charge on any atom is 0.261 e. The molecule has 0 saturated heterocycles. The van der Waals surface area contributed by atoms with E-state index in [-0.39, 0.29) is 12.1 Å². The first-order valence-electron chi connectivity index (χ1n) is 9.25. The molecule has 0 radical (unpaired) electrons. The zero-order valence-corrected chi connectivity index (χ0v) is 16.3. The maximum absolute atomic E-state index is 11.5. The molecule has 3 N–H and O–H groups in total. The summed E-state index contributed by atoms with van der Waals surface area (Å²) < 4.78 is 24.1. The van der Waals surface area contributed by atoms with Crippen LogP contribution >= 0.6 is 0 Å². The zero-order chi connectivity index (χ0) is 19.7. The highest BCUT2D eigenvalue weighted by atomic mass is 32.2. The monoisotopic (exact) mass is 401 g/mol. The van der Waals surface area contributed by atoms with Crippen LogP contribution in [0.5, 0.6) is 0 Å². The van der Waals surface area contributed by atoms with Gasteiger partial charge in [0.2, 0.25) is 5.95 Å². The molecule has 8 nitrogen and oxygen atoms in total. The Balaban J connectivity index is 1.63. The molecular weight excluding hydrogens is 378 g/mol. The Morgan fingerprint density at radius 2 is 2.00 bits per heavy atom. The third kappa shape index (κ3) is 3.73. The van der Waals surface area contributed by atoms with Gasteiger partial charge in [0.25, 0.3) is 11.3 Å². The Bertz CT molecular complexity index is 1000. The van der Waals surface area contributed by atoms with Gasteiger partial charge in [0.15, 0.2) is 0 Å². The number of fused-ring (bicyclic) bond motifs is 1. The second kappa shape index (κ2) is 7.86. The smallest absolute Gasteiger partial charge is 0.261 e. The lowest BCUT2D eigenvalue weighted by atomic mass is 9.93. The first kappa shape index (κ1) is 18.9. The van der Waals surface area contributed by atoms with E-state index in [0.717, 1.165) is 36.6 Å². The third-order valence-corrected chi connectivity index (χ3v) is 5.87. The predicted molar refractivity (Wildman–Crippen MR) is 110 cm³/mol. The SMILES string of the molecule is CN(c1cccc2c1ccn2-c1ccnc(NC2CCC(O)CC2)n1)S(=O)O. The number of hydrogen-bond donors (Lipinski definition) is 3. The minimum Gasteiger partial charge on any atom is -0.393 e. The van der Waals surface area contributed by atoms with Gasteiger partial charge in [-0.2, -0.15) is 4.98 Å². The van der Waals surface area contributed by atoms with E-state index in [1.54, 1.807) is 13.2 Å². The third-order valence-electron chi connectivity index (χ3n) is 5.20. The van der Waals surface area contributed by atoms with Gasteiger partial charge in [0, 0.05) is 30.9 Å². The van der Waals surface area contributed by atoms with E-state index >= 15 is 0 Å². The topological polar surface area (TPSA) is 104 Å². The number of nitrogens with one attached hydrogen (secondary N) is 1. The van der Waals surface area contributed by atoms with Crippen LogP contribution in [-0.2, 0) is 11.3 Å². The summed E-state index contributed by atoms with van der Waals surface area (Å²) in [5, 5.41) is 13.9. The van der Waals surface area contributed by atoms with E-state index in [1.807, 2.05) is 41.1 Å². The van der Waals surface area contributed by atoms with E-state index in [9.17, 15) is 13.9 Å². The van der Waals surface area contributed by atoms with Crippen LogP contribution in [0.1, 0.15) is 25.7 Å². The van der Waals surface area contributed by atoms with Crippen molar-refractivity contribution in [1.29, 1.82) is 0 Å². The van der Waals surface area contributed by atoms with Crippen molar-refractivity contribution in [2.75, 3.05) is 16.7 Å². The molecule has 28 heavy (non-hydrogen) atoms. The van der Waals surface area contributed by atoms with Crippen molar-refractivity contribution in [1.82, 2.24) is 14.5 Å². The standard InChI is InChI=1S/C19H23N5O3S/c1-23(28(26)27)16-3-2-4-17-15(16)10-12-24(17)18-9-11-20-19(22-18)21-13-5-7-14(25)8-6-13/h2-4,9-14,25H,5-8H2,1H3,(H,26,27)(H,20,21,22). The molecule has 148 valence electrons.